The lowest BCUT2D eigenvalue weighted by molar-refractivity contribution is -0.136. The fraction of sp³-hybridized carbons (Fsp3) is 0.206. The molecule has 1 N–H and O–H groups in total. The van der Waals surface area contributed by atoms with Gasteiger partial charge in [0.1, 0.15) is 11.3 Å². The summed E-state index contributed by atoms with van der Waals surface area (Å²) in [6.07, 6.45) is 0.712. The lowest BCUT2D eigenvalue weighted by Gasteiger charge is -2.28. The second-order valence-electron chi connectivity index (χ2n) is 10.2. The zero-order chi connectivity index (χ0) is 27.3. The molecule has 2 heterocycles. The summed E-state index contributed by atoms with van der Waals surface area (Å²) in [6.45, 7) is 2.52. The minimum absolute atomic E-state index is 0. The van der Waals surface area contributed by atoms with Crippen molar-refractivity contribution < 1.29 is 23.8 Å². The van der Waals surface area contributed by atoms with E-state index in [1.165, 1.54) is 11.1 Å². The molecule has 0 saturated carbocycles. The Morgan fingerprint density at radius 3 is 2.29 bits per heavy atom. The number of hydrogen-bond acceptors (Lipinski definition) is 5. The molecule has 4 aromatic carbocycles. The maximum absolute atomic E-state index is 11.2. The van der Waals surface area contributed by atoms with Crippen LogP contribution in [0.3, 0.4) is 0 Å². The minimum atomic E-state index is -0.841. The monoisotopic (exact) mass is 569 g/mol. The molecular weight excluding hydrogens is 538 g/mol. The summed E-state index contributed by atoms with van der Waals surface area (Å²) in [4.78, 5) is 13.6. The van der Waals surface area contributed by atoms with Gasteiger partial charge in [0.05, 0.1) is 6.42 Å². The normalized spacial score (nSPS) is 12.1. The number of aliphatic carboxylic acids is 1. The molecule has 6 nitrogen and oxygen atoms in total. The fourth-order valence-electron chi connectivity index (χ4n) is 5.45. The number of furan rings is 1. The Morgan fingerprint density at radius 1 is 0.854 bits per heavy atom. The lowest BCUT2D eigenvalue weighted by Crippen LogP contribution is -2.31. The molecule has 0 unspecified atom stereocenters. The van der Waals surface area contributed by atoms with Crippen LogP contribution < -0.4 is 9.47 Å². The lowest BCUT2D eigenvalue weighted by atomic mass is 9.90. The van der Waals surface area contributed by atoms with Crippen molar-refractivity contribution in [2.45, 2.75) is 25.3 Å². The smallest absolute Gasteiger partial charge is 0.307 e. The molecular formula is C34H32ClNO5. The van der Waals surface area contributed by atoms with Crippen molar-refractivity contribution in [1.82, 2.24) is 4.90 Å². The highest BCUT2D eigenvalue weighted by atomic mass is 35.5. The number of halogens is 1. The highest BCUT2D eigenvalue weighted by Crippen LogP contribution is 2.36. The van der Waals surface area contributed by atoms with Crippen LogP contribution in [-0.4, -0.2) is 35.9 Å². The van der Waals surface area contributed by atoms with Crippen molar-refractivity contribution in [2.75, 3.05) is 19.9 Å². The first-order valence-corrected chi connectivity index (χ1v) is 13.6. The molecule has 1 aliphatic heterocycles. The molecule has 6 rings (SSSR count). The van der Waals surface area contributed by atoms with Crippen molar-refractivity contribution in [2.24, 2.45) is 0 Å². The molecule has 1 aromatic heterocycles. The van der Waals surface area contributed by atoms with Crippen molar-refractivity contribution in [3.8, 4) is 11.5 Å². The van der Waals surface area contributed by atoms with Gasteiger partial charge in [-0.3, -0.25) is 9.69 Å². The van der Waals surface area contributed by atoms with E-state index in [2.05, 4.69) is 71.6 Å². The standard InChI is InChI=1S/C34H31NO5.ClH/c36-33(37)19-24-14-15-31-28(18-24)20-29(40-31)16-17-35(21-27-12-7-13-32-34(27)39-23-38-32)22-30(25-8-3-1-4-9-25)26-10-5-2-6-11-26;/h1-15,18,20,30H,16-17,19,21-23H2,(H,36,37);1H. The van der Waals surface area contributed by atoms with E-state index in [4.69, 9.17) is 19.0 Å². The maximum Gasteiger partial charge on any atom is 0.307 e. The number of rotatable bonds is 11. The first-order valence-electron chi connectivity index (χ1n) is 13.6. The molecule has 0 amide bonds. The third kappa shape index (κ3) is 6.73. The summed E-state index contributed by atoms with van der Waals surface area (Å²) in [5, 5.41) is 10.1. The largest absolute Gasteiger partial charge is 0.481 e. The third-order valence-electron chi connectivity index (χ3n) is 7.38. The Morgan fingerprint density at radius 2 is 1.59 bits per heavy atom. The molecule has 210 valence electrons. The number of carbonyl (C=O) groups is 1. The predicted molar refractivity (Wildman–Crippen MR) is 161 cm³/mol. The number of carboxylic acid groups (broad SMARTS) is 1. The van der Waals surface area contributed by atoms with Gasteiger partial charge in [0, 0.05) is 42.9 Å². The number of fused-ring (bicyclic) bond motifs is 2. The molecule has 0 radical (unpaired) electrons. The molecule has 0 aliphatic carbocycles. The predicted octanol–water partition coefficient (Wildman–Crippen LogP) is 7.09. The average molecular weight is 570 g/mol. The van der Waals surface area contributed by atoms with E-state index in [-0.39, 0.29) is 31.5 Å². The molecule has 0 bridgehead atoms. The van der Waals surface area contributed by atoms with Crippen LogP contribution in [0.15, 0.2) is 108 Å². The van der Waals surface area contributed by atoms with E-state index < -0.39 is 5.97 Å². The summed E-state index contributed by atoms with van der Waals surface area (Å²) in [7, 11) is 0. The van der Waals surface area contributed by atoms with Crippen LogP contribution in [0.2, 0.25) is 0 Å². The summed E-state index contributed by atoms with van der Waals surface area (Å²) in [5.74, 6) is 1.83. The Kier molecular flexibility index (Phi) is 8.92. The number of nitrogens with zero attached hydrogens (tertiary/aromatic N) is 1. The van der Waals surface area contributed by atoms with Gasteiger partial charge in [0.25, 0.3) is 0 Å². The number of hydrogen-bond donors (Lipinski definition) is 1. The van der Waals surface area contributed by atoms with E-state index in [1.54, 1.807) is 0 Å². The SMILES string of the molecule is Cl.O=C(O)Cc1ccc2oc(CCN(Cc3cccc4c3OCO4)CC(c3ccccc3)c3ccccc3)cc2c1. The fourth-order valence-corrected chi connectivity index (χ4v) is 5.45. The first-order chi connectivity index (χ1) is 19.6. The number of benzene rings is 4. The highest BCUT2D eigenvalue weighted by molar-refractivity contribution is 5.85. The quantitative estimate of drug-likeness (QED) is 0.183. The average Bonchev–Trinajstić information content (AvgIpc) is 3.62. The molecule has 0 atom stereocenters. The van der Waals surface area contributed by atoms with Crippen LogP contribution in [0.1, 0.15) is 33.9 Å². The van der Waals surface area contributed by atoms with E-state index in [0.29, 0.717) is 13.0 Å². The molecule has 7 heteroatoms. The van der Waals surface area contributed by atoms with Gasteiger partial charge < -0.3 is 19.0 Å². The first kappa shape index (κ1) is 28.3. The topological polar surface area (TPSA) is 72.1 Å². The number of ether oxygens (including phenoxy) is 2. The second kappa shape index (κ2) is 12.9. The van der Waals surface area contributed by atoms with Gasteiger partial charge in [0.2, 0.25) is 6.79 Å². The summed E-state index contributed by atoms with van der Waals surface area (Å²) < 4.78 is 17.6. The van der Waals surface area contributed by atoms with Crippen LogP contribution in [-0.2, 0) is 24.2 Å². The Balaban J connectivity index is 0.00000337. The van der Waals surface area contributed by atoms with Crippen molar-refractivity contribution in [3.05, 3.63) is 131 Å². The third-order valence-corrected chi connectivity index (χ3v) is 7.38. The molecule has 0 fully saturated rings. The van der Waals surface area contributed by atoms with Crippen LogP contribution in [0, 0.1) is 0 Å². The Hall–Kier alpha value is -4.26. The van der Waals surface area contributed by atoms with E-state index in [0.717, 1.165) is 52.4 Å². The molecule has 41 heavy (non-hydrogen) atoms. The van der Waals surface area contributed by atoms with Crippen LogP contribution in [0.4, 0.5) is 0 Å². The second-order valence-corrected chi connectivity index (χ2v) is 10.2. The van der Waals surface area contributed by atoms with Gasteiger partial charge in [-0.2, -0.15) is 0 Å². The van der Waals surface area contributed by atoms with Gasteiger partial charge >= 0.3 is 5.97 Å². The van der Waals surface area contributed by atoms with Gasteiger partial charge in [0.15, 0.2) is 11.5 Å². The van der Waals surface area contributed by atoms with Gasteiger partial charge in [-0.15, -0.1) is 12.4 Å². The van der Waals surface area contributed by atoms with Crippen LogP contribution >= 0.6 is 12.4 Å². The van der Waals surface area contributed by atoms with Gasteiger partial charge in [-0.1, -0.05) is 78.9 Å². The van der Waals surface area contributed by atoms with Crippen LogP contribution in [0.5, 0.6) is 11.5 Å². The Labute approximate surface area is 245 Å². The molecule has 1 aliphatic rings. The summed E-state index contributed by atoms with van der Waals surface area (Å²) in [6, 6.07) is 34.9. The number of para-hydroxylation sites is 1. The number of carboxylic acids is 1. The van der Waals surface area contributed by atoms with E-state index in [9.17, 15) is 4.79 Å². The van der Waals surface area contributed by atoms with Crippen molar-refractivity contribution >= 4 is 29.3 Å². The van der Waals surface area contributed by atoms with E-state index >= 15 is 0 Å². The van der Waals surface area contributed by atoms with Crippen molar-refractivity contribution in [1.29, 1.82) is 0 Å². The maximum atomic E-state index is 11.2. The zero-order valence-corrected chi connectivity index (χ0v) is 23.4. The summed E-state index contributed by atoms with van der Waals surface area (Å²) >= 11 is 0. The zero-order valence-electron chi connectivity index (χ0n) is 22.6. The van der Waals surface area contributed by atoms with Gasteiger partial charge in [-0.05, 0) is 41.0 Å². The van der Waals surface area contributed by atoms with Crippen molar-refractivity contribution in [3.63, 3.8) is 0 Å². The minimum Gasteiger partial charge on any atom is -0.481 e. The van der Waals surface area contributed by atoms with E-state index in [1.807, 2.05) is 36.4 Å². The molecule has 0 saturated heterocycles. The van der Waals surface area contributed by atoms with Gasteiger partial charge in [-0.25, -0.2) is 0 Å². The Bertz CT molecular complexity index is 1560. The molecule has 0 spiro atoms. The highest BCUT2D eigenvalue weighted by Gasteiger charge is 2.23. The van der Waals surface area contributed by atoms with Crippen LogP contribution in [0.25, 0.3) is 11.0 Å². The molecule has 5 aromatic rings. The summed E-state index contributed by atoms with van der Waals surface area (Å²) in [5.41, 5.74) is 5.17.